The van der Waals surface area contributed by atoms with Gasteiger partial charge in [-0.1, -0.05) is 90.6 Å². The van der Waals surface area contributed by atoms with Gasteiger partial charge in [-0.3, -0.25) is 48.1 Å². The summed E-state index contributed by atoms with van der Waals surface area (Å²) in [6.45, 7) is 2.23. The zero-order chi connectivity index (χ0) is 86.7. The molecule has 0 aromatic heterocycles. The predicted octanol–water partition coefficient (Wildman–Crippen LogP) is 10.8. The number of phenols is 3. The molecule has 120 heavy (non-hydrogen) atoms. The summed E-state index contributed by atoms with van der Waals surface area (Å²) < 4.78 is 31.0. The third-order valence-corrected chi connectivity index (χ3v) is 28.9. The van der Waals surface area contributed by atoms with Crippen LogP contribution in [0.25, 0.3) is 33.4 Å². The molecule has 3 saturated heterocycles. The number of urea groups is 1. The third kappa shape index (κ3) is 21.9. The summed E-state index contributed by atoms with van der Waals surface area (Å²) in [5.74, 6) is -5.38. The number of carbonyl (C=O) groups is 10. The molecule has 648 valence electrons. The number of methoxy groups -OCH3 is 1. The maximum atomic E-state index is 14.2. The number of hydrogen-bond donors (Lipinski definition) is 13. The zero-order valence-electron chi connectivity index (χ0n) is 65.1. The Labute approximate surface area is 768 Å². The number of esters is 1. The maximum Gasteiger partial charge on any atom is 0.340 e. The molecule has 3 unspecified atom stereocenters. The number of benzene rings is 5. The first kappa shape index (κ1) is 94.7. The summed E-state index contributed by atoms with van der Waals surface area (Å²) >= 11 is 36.6. The Balaban J connectivity index is 0.597. The summed E-state index contributed by atoms with van der Waals surface area (Å²) in [5.41, 5.74) is -3.89. The lowest BCUT2D eigenvalue weighted by Crippen LogP contribution is -2.55. The van der Waals surface area contributed by atoms with Crippen LogP contribution >= 0.6 is 149 Å². The van der Waals surface area contributed by atoms with E-state index in [1.807, 2.05) is 107 Å². The molecule has 7 aliphatic rings. The maximum absolute atomic E-state index is 14.2. The van der Waals surface area contributed by atoms with Gasteiger partial charge in [0.1, 0.15) is 51.5 Å². The van der Waals surface area contributed by atoms with E-state index in [1.165, 1.54) is 32.2 Å². The fourth-order valence-electron chi connectivity index (χ4n) is 15.7. The minimum Gasteiger partial charge on any atom is -0.507 e. The Morgan fingerprint density at radius 2 is 1.25 bits per heavy atom. The minimum absolute atomic E-state index is 0.0345. The van der Waals surface area contributed by atoms with Crippen LogP contribution in [-0.2, 0) is 49.4 Å². The van der Waals surface area contributed by atoms with Gasteiger partial charge in [-0.2, -0.15) is 11.8 Å². The molecule has 4 aliphatic heterocycles. The topological polar surface area (TPSA) is 447 Å². The van der Waals surface area contributed by atoms with Crippen LogP contribution in [0.3, 0.4) is 0 Å². The molecule has 11 rings (SSSR count). The van der Waals surface area contributed by atoms with Crippen molar-refractivity contribution in [1.29, 1.82) is 0 Å². The van der Waals surface area contributed by atoms with E-state index in [1.54, 1.807) is 12.1 Å². The number of unbranched alkanes of at least 4 members (excludes halogenated alkanes) is 7. The molecular formula is C81H90Cl4I4N8O22S. The summed E-state index contributed by atoms with van der Waals surface area (Å²) in [6, 6.07) is 6.62. The van der Waals surface area contributed by atoms with Gasteiger partial charge in [0.25, 0.3) is 0 Å². The van der Waals surface area contributed by atoms with Crippen molar-refractivity contribution in [1.82, 2.24) is 42.1 Å². The SMILES string of the molecule is COc1cccc2c1C(=O)c1c(O)c3c(c(O)c1C2=O)C[C@@](O)(C(=O)CO)C[C@@H]3O[C@H]1C[C@H](NC(=O)CCCCCCC(=O)NCCN(CCNC(=O)CCCCCCC(=O)NCCOC(=O)c2c(Cl)c(Cl)c(Cl)c(Cl)c2-c2c3cc(I)c(=O)c(I)c-3oc3c(I)c(O)c(I)cc23)CCNC(=O)CCCCC2SCC3NC(=O)NC32)[C@H](O)[C@H](C)O1. The summed E-state index contributed by atoms with van der Waals surface area (Å²) in [5, 5.41) is 88.0. The lowest BCUT2D eigenvalue weighted by atomic mass is 9.72. The van der Waals surface area contributed by atoms with Crippen LogP contribution in [0.4, 0.5) is 4.79 Å². The van der Waals surface area contributed by atoms with Gasteiger partial charge in [-0.15, -0.1) is 0 Å². The van der Waals surface area contributed by atoms with Crippen molar-refractivity contribution in [3.8, 4) is 45.4 Å². The number of amides is 7. The molecule has 9 atom stereocenters. The van der Waals surface area contributed by atoms with Gasteiger partial charge < -0.3 is 91.2 Å². The molecule has 13 N–H and O–H groups in total. The van der Waals surface area contributed by atoms with Crippen LogP contribution < -0.4 is 47.4 Å². The number of fused-ring (bicyclic) bond motifs is 6. The minimum atomic E-state index is -2.39. The largest absolute Gasteiger partial charge is 0.507 e. The Bertz CT molecular complexity index is 5010. The summed E-state index contributed by atoms with van der Waals surface area (Å²) in [6.07, 6.45) is 1.51. The van der Waals surface area contributed by atoms with Gasteiger partial charge in [0, 0.05) is 140 Å². The normalized spacial score (nSPS) is 20.4. The van der Waals surface area contributed by atoms with Crippen molar-refractivity contribution in [2.75, 3.05) is 71.9 Å². The number of Topliss-reactive ketones (excluding diaryl/α,β-unsaturated/α-hetero) is 1. The molecular weight excluding hydrogens is 2120 g/mol. The van der Waals surface area contributed by atoms with Crippen molar-refractivity contribution < 1.29 is 102 Å². The number of rotatable bonds is 39. The molecule has 39 heteroatoms. The number of aromatic hydroxyl groups is 3. The van der Waals surface area contributed by atoms with E-state index >= 15 is 0 Å². The second-order valence-electron chi connectivity index (χ2n) is 30.0. The van der Waals surface area contributed by atoms with Crippen molar-refractivity contribution in [3.63, 3.8) is 0 Å². The van der Waals surface area contributed by atoms with E-state index in [0.717, 1.165) is 18.6 Å². The first-order valence-electron chi connectivity index (χ1n) is 39.3. The molecule has 3 fully saturated rings. The standard InChI is InChI=1S/C81H90Cl4I4N8O22S/c1-37-70(105)44(32-55(117-37)118-47-34-81(114,49(99)35-98)33-41-58(47)76(111)62-61(72(41)107)71(106)38-14-13-15-46(115-2)57(38)75(62)110)94-54(104)21-10-6-5-8-18-51(101)91-23-27-97(28-24-92-52(102)20-12-11-16-48-69-45(36-120-48)95-80(113)96-69)26-22-90-50(100)17-7-3-4-9-19-53(103)93-25-29-116-79(112)60-59(63(82)65(84)66(85)64(60)83)56-39-30-42(86)73(108)67(88)77(39)119-78-40(56)31-43(87)74(109)68(78)89/h13-15,30-31,37,44-45,47-48,55,69-70,98,105,107-108,111,114H,3-12,16-29,32-36H2,1-2H3,(H,90,100)(H,91,101)(H,92,102)(H,93,103)(H,94,104)(H2,95,96,113)/t37-,44-,45?,47-,48?,55-,69?,70+,81-/m0/s1. The highest BCUT2D eigenvalue weighted by Gasteiger charge is 2.51. The number of aliphatic hydroxyl groups is 3. The molecule has 4 aromatic carbocycles. The molecule has 3 aliphatic carbocycles. The number of halogens is 8. The van der Waals surface area contributed by atoms with Crippen molar-refractivity contribution in [2.24, 2.45) is 0 Å². The highest BCUT2D eigenvalue weighted by atomic mass is 127. The number of hydrogen-bond acceptors (Lipinski definition) is 24. The Morgan fingerprint density at radius 1 is 0.667 bits per heavy atom. The Morgan fingerprint density at radius 3 is 1.86 bits per heavy atom. The monoisotopic (exact) mass is 2210 g/mol. The Kier molecular flexibility index (Phi) is 33.8. The van der Waals surface area contributed by atoms with Crippen LogP contribution in [0.5, 0.6) is 23.0 Å². The van der Waals surface area contributed by atoms with E-state index in [4.69, 9.17) is 69.8 Å². The number of aliphatic hydroxyl groups excluding tert-OH is 2. The molecule has 0 bridgehead atoms. The molecule has 4 heterocycles. The molecule has 4 aromatic rings. The third-order valence-electron chi connectivity index (χ3n) is 22.0. The molecule has 7 amide bonds. The number of nitrogens with one attached hydrogen (secondary N) is 7. The first-order chi connectivity index (χ1) is 57.3. The molecule has 0 saturated carbocycles. The predicted molar refractivity (Wildman–Crippen MR) is 481 cm³/mol. The molecule has 0 radical (unpaired) electrons. The average molecular weight is 2210 g/mol. The van der Waals surface area contributed by atoms with Gasteiger partial charge in [-0.25, -0.2) is 9.59 Å². The fourth-order valence-corrected chi connectivity index (χ4v) is 21.9. The van der Waals surface area contributed by atoms with E-state index in [0.29, 0.717) is 124 Å². The van der Waals surface area contributed by atoms with Crippen LogP contribution in [0, 0.1) is 14.3 Å². The molecule has 30 nitrogen and oxygen atoms in total. The zero-order valence-corrected chi connectivity index (χ0v) is 77.6. The number of ketones is 3. The number of ether oxygens (including phenoxy) is 4. The van der Waals surface area contributed by atoms with E-state index in [9.17, 15) is 83.4 Å². The fraction of sp³-hybridized carbons (Fsp3) is 0.494. The highest BCUT2D eigenvalue weighted by Crippen LogP contribution is 2.55. The quantitative estimate of drug-likeness (QED) is 0.00249. The van der Waals surface area contributed by atoms with E-state index < -0.39 is 108 Å². The van der Waals surface area contributed by atoms with Gasteiger partial charge in [0.15, 0.2) is 29.2 Å². The number of carbonyl (C=O) groups excluding carboxylic acids is 10. The van der Waals surface area contributed by atoms with Crippen LogP contribution in [-0.4, -0.2) is 214 Å². The Hall–Kier alpha value is -5.94. The lowest BCUT2D eigenvalue weighted by molar-refractivity contribution is -0.249. The van der Waals surface area contributed by atoms with Crippen LogP contribution in [0.1, 0.15) is 182 Å². The van der Waals surface area contributed by atoms with Crippen molar-refractivity contribution in [3.05, 3.63) is 114 Å². The number of nitrogens with zero attached hydrogens (tertiary/aromatic N) is 1. The second-order valence-corrected chi connectivity index (χ2v) is 37.3. The van der Waals surface area contributed by atoms with Gasteiger partial charge in [0.2, 0.25) is 40.7 Å². The van der Waals surface area contributed by atoms with Crippen LogP contribution in [0.15, 0.2) is 39.5 Å². The van der Waals surface area contributed by atoms with Crippen LogP contribution in [0.2, 0.25) is 20.1 Å². The van der Waals surface area contributed by atoms with Gasteiger partial charge >= 0.3 is 12.0 Å². The van der Waals surface area contributed by atoms with Gasteiger partial charge in [0.05, 0.1) is 97.0 Å². The summed E-state index contributed by atoms with van der Waals surface area (Å²) in [7, 11) is 1.30. The first-order valence-corrected chi connectivity index (χ1v) is 46.1. The number of phenolic OH excluding ortho intramolecular Hbond substituents is 3. The van der Waals surface area contributed by atoms with Gasteiger partial charge in [-0.05, 0) is 154 Å². The summed E-state index contributed by atoms with van der Waals surface area (Å²) in [4.78, 5) is 148. The van der Waals surface area contributed by atoms with E-state index in [2.05, 4.69) is 37.2 Å². The smallest absolute Gasteiger partial charge is 0.340 e. The highest BCUT2D eigenvalue weighted by molar-refractivity contribution is 14.1. The van der Waals surface area contributed by atoms with Crippen molar-refractivity contribution >= 4 is 218 Å². The number of thioether (sulfide) groups is 1. The average Bonchev–Trinajstić information content (AvgIpc) is 0.818. The van der Waals surface area contributed by atoms with E-state index in [-0.39, 0.29) is 184 Å². The van der Waals surface area contributed by atoms with Crippen molar-refractivity contribution in [2.45, 2.75) is 182 Å². The second kappa shape index (κ2) is 42.8. The lowest BCUT2D eigenvalue weighted by Gasteiger charge is -2.43. The molecule has 0 spiro atoms.